The van der Waals surface area contributed by atoms with Crippen molar-refractivity contribution < 1.29 is 4.74 Å². The summed E-state index contributed by atoms with van der Waals surface area (Å²) < 4.78 is 9.03. The molecule has 0 amide bonds. The lowest BCUT2D eigenvalue weighted by molar-refractivity contribution is 0.271. The normalized spacial score (nSPS) is 15.4. The molecule has 1 aliphatic carbocycles. The van der Waals surface area contributed by atoms with Crippen LogP contribution in [0.15, 0.2) is 224 Å². The molecule has 2 atom stereocenters. The smallest absolute Gasteiger partial charge is 0.128 e. The molecule has 9 aromatic carbocycles. The number of allylic oxidation sites excluding steroid dienone is 2. The lowest BCUT2D eigenvalue weighted by Gasteiger charge is -2.27. The molecule has 0 N–H and O–H groups in total. The summed E-state index contributed by atoms with van der Waals surface area (Å²) in [6.45, 7) is 0. The van der Waals surface area contributed by atoms with Gasteiger partial charge in [0.25, 0.3) is 0 Å². The minimum atomic E-state index is 0.00681. The minimum absolute atomic E-state index is 0.00681. The monoisotopic (exact) mass is 797 g/mol. The van der Waals surface area contributed by atoms with Crippen molar-refractivity contribution >= 4 is 64.9 Å². The molecule has 1 aliphatic heterocycles. The summed E-state index contributed by atoms with van der Waals surface area (Å²) in [4.78, 5) is 2.39. The molecule has 1 aromatic heterocycles. The van der Waals surface area contributed by atoms with Crippen molar-refractivity contribution in [3.63, 3.8) is 0 Å². The molecule has 12 rings (SSSR count). The van der Waals surface area contributed by atoms with Gasteiger partial charge in [-0.1, -0.05) is 164 Å². The zero-order valence-electron chi connectivity index (χ0n) is 33.3. The minimum Gasteiger partial charge on any atom is -0.485 e. The largest absolute Gasteiger partial charge is 0.485 e. The second-order valence-corrected chi connectivity index (χ2v) is 17.0. The number of nitrogens with zero attached hydrogens (tertiary/aromatic N) is 1. The van der Waals surface area contributed by atoms with E-state index < -0.39 is 0 Å². The molecular formula is C58H39NOS. The summed E-state index contributed by atoms with van der Waals surface area (Å²) in [5, 5.41) is 5.14. The van der Waals surface area contributed by atoms with Crippen molar-refractivity contribution in [3.05, 3.63) is 236 Å². The van der Waals surface area contributed by atoms with Crippen LogP contribution in [0.1, 0.15) is 17.0 Å². The van der Waals surface area contributed by atoms with Gasteiger partial charge in [-0.05, 0) is 116 Å². The van der Waals surface area contributed by atoms with Crippen LogP contribution in [0, 0.1) is 0 Å². The van der Waals surface area contributed by atoms with Gasteiger partial charge >= 0.3 is 0 Å². The van der Waals surface area contributed by atoms with Gasteiger partial charge in [-0.2, -0.15) is 0 Å². The molecule has 0 spiro atoms. The molecule has 0 saturated heterocycles. The van der Waals surface area contributed by atoms with Crippen molar-refractivity contribution in [2.24, 2.45) is 0 Å². The highest BCUT2D eigenvalue weighted by atomic mass is 32.1. The van der Waals surface area contributed by atoms with Gasteiger partial charge in [0.2, 0.25) is 0 Å². The molecule has 0 radical (unpaired) electrons. The second-order valence-electron chi connectivity index (χ2n) is 16.0. The van der Waals surface area contributed by atoms with Gasteiger partial charge in [-0.15, -0.1) is 11.3 Å². The molecule has 61 heavy (non-hydrogen) atoms. The maximum atomic E-state index is 6.38. The summed E-state index contributed by atoms with van der Waals surface area (Å²) in [5.41, 5.74) is 14.3. The van der Waals surface area contributed by atoms with E-state index in [0.29, 0.717) is 0 Å². The van der Waals surface area contributed by atoms with Gasteiger partial charge in [-0.25, -0.2) is 0 Å². The number of rotatable bonds is 7. The summed E-state index contributed by atoms with van der Waals surface area (Å²) in [5.74, 6) is 1.15. The zero-order valence-corrected chi connectivity index (χ0v) is 34.1. The number of hydrogen-bond donors (Lipinski definition) is 0. The molecular weight excluding hydrogens is 759 g/mol. The van der Waals surface area contributed by atoms with E-state index in [0.717, 1.165) is 22.8 Å². The average molecular weight is 798 g/mol. The number of thiophene rings is 1. The Labute approximate surface area is 359 Å². The predicted octanol–water partition coefficient (Wildman–Crippen LogP) is 16.2. The van der Waals surface area contributed by atoms with E-state index in [-0.39, 0.29) is 12.0 Å². The van der Waals surface area contributed by atoms with E-state index in [2.05, 4.69) is 229 Å². The van der Waals surface area contributed by atoms with E-state index in [4.69, 9.17) is 4.74 Å². The number of benzene rings is 9. The Morgan fingerprint density at radius 3 is 1.95 bits per heavy atom. The highest BCUT2D eigenvalue weighted by Crippen LogP contribution is 2.49. The molecule has 0 fully saturated rings. The predicted molar refractivity (Wildman–Crippen MR) is 259 cm³/mol. The lowest BCUT2D eigenvalue weighted by atomic mass is 9.81. The third kappa shape index (κ3) is 6.17. The number of para-hydroxylation sites is 1. The van der Waals surface area contributed by atoms with Gasteiger partial charge in [0, 0.05) is 42.8 Å². The fraction of sp³-hybridized carbons (Fsp3) is 0.0345. The number of anilines is 3. The molecule has 2 unspecified atom stereocenters. The molecule has 0 saturated carbocycles. The zero-order chi connectivity index (χ0) is 40.3. The van der Waals surface area contributed by atoms with Crippen molar-refractivity contribution in [2.75, 3.05) is 4.90 Å². The Balaban J connectivity index is 0.945. The molecule has 2 aliphatic rings. The van der Waals surface area contributed by atoms with Crippen molar-refractivity contribution in [1.29, 1.82) is 0 Å². The Bertz CT molecular complexity index is 3350. The van der Waals surface area contributed by atoms with E-state index in [1.165, 1.54) is 81.0 Å². The molecule has 0 bridgehead atoms. The Hall–Kier alpha value is -7.46. The summed E-state index contributed by atoms with van der Waals surface area (Å²) in [6.07, 6.45) is 6.59. The first-order valence-corrected chi connectivity index (χ1v) is 21.8. The fourth-order valence-corrected chi connectivity index (χ4v) is 10.8. The summed E-state index contributed by atoms with van der Waals surface area (Å²) in [6, 6.07) is 75.2. The molecule has 288 valence electrons. The van der Waals surface area contributed by atoms with Gasteiger partial charge in [0.05, 0.1) is 5.92 Å². The number of ether oxygens (including phenoxy) is 1. The van der Waals surface area contributed by atoms with Gasteiger partial charge in [-0.3, -0.25) is 0 Å². The molecule has 2 heterocycles. The fourth-order valence-electron chi connectivity index (χ4n) is 9.56. The third-order valence-corrected chi connectivity index (χ3v) is 13.7. The highest BCUT2D eigenvalue weighted by Gasteiger charge is 2.37. The first-order chi connectivity index (χ1) is 30.2. The Morgan fingerprint density at radius 1 is 0.443 bits per heavy atom. The van der Waals surface area contributed by atoms with Crippen LogP contribution in [-0.2, 0) is 0 Å². The van der Waals surface area contributed by atoms with Crippen LogP contribution in [-0.4, -0.2) is 6.10 Å². The molecule has 3 heteroatoms. The van der Waals surface area contributed by atoms with Crippen LogP contribution >= 0.6 is 11.3 Å². The van der Waals surface area contributed by atoms with Crippen LogP contribution in [0.3, 0.4) is 0 Å². The summed E-state index contributed by atoms with van der Waals surface area (Å²) >= 11 is 1.87. The van der Waals surface area contributed by atoms with Crippen LogP contribution in [0.25, 0.3) is 69.9 Å². The van der Waals surface area contributed by atoms with Crippen molar-refractivity contribution in [3.8, 4) is 39.1 Å². The maximum Gasteiger partial charge on any atom is 0.128 e. The summed E-state index contributed by atoms with van der Waals surface area (Å²) in [7, 11) is 0. The second kappa shape index (κ2) is 14.7. The van der Waals surface area contributed by atoms with E-state index >= 15 is 0 Å². The standard InChI is InChI=1S/C58H39NOS/c1-2-18-47-38(12-1)13-9-21-48(47)43-16-7-14-41(36-43)42-15-8-17-46(37-42)59(44-32-28-39(29-33-44)49-22-11-26-55-57(49)53-20-3-5-25-54(53)60-55)45-34-30-40(31-35-45)50-23-10-24-52-51-19-4-6-27-56(51)61-58(50)52/h1-37,55,57H. The Morgan fingerprint density at radius 2 is 1.08 bits per heavy atom. The van der Waals surface area contributed by atoms with Gasteiger partial charge in [0.1, 0.15) is 11.9 Å². The highest BCUT2D eigenvalue weighted by molar-refractivity contribution is 7.26. The maximum absolute atomic E-state index is 6.38. The van der Waals surface area contributed by atoms with E-state index in [1.54, 1.807) is 0 Å². The topological polar surface area (TPSA) is 12.5 Å². The quantitative estimate of drug-likeness (QED) is 0.159. The van der Waals surface area contributed by atoms with E-state index in [1.807, 2.05) is 11.3 Å². The SMILES string of the molecule is C1=CC2Oc3ccccc3C2C(c2ccc(N(c3ccc(-c4cccc5c4sc4ccccc45)cc3)c3cccc(-c4cccc(-c5cccc6ccccc56)c4)c3)cc2)=C1. The third-order valence-electron chi connectivity index (χ3n) is 12.5. The molecule has 10 aromatic rings. The number of hydrogen-bond acceptors (Lipinski definition) is 3. The van der Waals surface area contributed by atoms with Crippen LogP contribution in [0.2, 0.25) is 0 Å². The number of fused-ring (bicyclic) bond motifs is 7. The Kier molecular flexibility index (Phi) is 8.53. The first kappa shape index (κ1) is 35.5. The lowest BCUT2D eigenvalue weighted by Crippen LogP contribution is -2.19. The average Bonchev–Trinajstić information content (AvgIpc) is 3.91. The van der Waals surface area contributed by atoms with E-state index in [9.17, 15) is 0 Å². The van der Waals surface area contributed by atoms with Gasteiger partial charge < -0.3 is 9.64 Å². The van der Waals surface area contributed by atoms with Crippen molar-refractivity contribution in [2.45, 2.75) is 12.0 Å². The van der Waals surface area contributed by atoms with Crippen molar-refractivity contribution in [1.82, 2.24) is 0 Å². The molecule has 2 nitrogen and oxygen atoms in total. The van der Waals surface area contributed by atoms with Crippen LogP contribution in [0.5, 0.6) is 5.75 Å². The first-order valence-electron chi connectivity index (χ1n) is 21.0. The van der Waals surface area contributed by atoms with Gasteiger partial charge in [0.15, 0.2) is 0 Å². The van der Waals surface area contributed by atoms with Crippen LogP contribution < -0.4 is 9.64 Å². The van der Waals surface area contributed by atoms with Crippen LogP contribution in [0.4, 0.5) is 17.1 Å².